The van der Waals surface area contributed by atoms with Gasteiger partial charge in [0.1, 0.15) is 24.9 Å². The number of hydrogen-bond donors (Lipinski definition) is 0. The monoisotopic (exact) mass is 454 g/mol. The highest BCUT2D eigenvalue weighted by Gasteiger charge is 2.13. The smallest absolute Gasteiger partial charge is 0.316 e. The zero-order valence-corrected chi connectivity index (χ0v) is 18.5. The van der Waals surface area contributed by atoms with E-state index in [9.17, 15) is 4.79 Å². The third kappa shape index (κ3) is 5.15. The van der Waals surface area contributed by atoms with Gasteiger partial charge in [-0.05, 0) is 43.7 Å². The van der Waals surface area contributed by atoms with Crippen molar-refractivity contribution < 1.29 is 13.9 Å². The summed E-state index contributed by atoms with van der Waals surface area (Å²) in [6.45, 7) is 3.98. The summed E-state index contributed by atoms with van der Waals surface area (Å²) in [5, 5.41) is 9.23. The van der Waals surface area contributed by atoms with Gasteiger partial charge in [0.05, 0.1) is 11.4 Å². The number of esters is 1. The van der Waals surface area contributed by atoms with Crippen LogP contribution in [0.15, 0.2) is 64.6 Å². The van der Waals surface area contributed by atoms with E-state index in [1.165, 1.54) is 18.0 Å². The molecule has 4 aromatic rings. The van der Waals surface area contributed by atoms with Crippen LogP contribution >= 0.6 is 23.4 Å². The fraction of sp³-hybridized carbons (Fsp3) is 0.182. The van der Waals surface area contributed by atoms with Crippen LogP contribution in [0.1, 0.15) is 16.8 Å². The average molecular weight is 455 g/mol. The van der Waals surface area contributed by atoms with Crippen molar-refractivity contribution in [1.29, 1.82) is 0 Å². The van der Waals surface area contributed by atoms with Crippen molar-refractivity contribution in [2.75, 3.05) is 5.75 Å². The number of oxazole rings is 1. The molecular formula is C22H19ClN4O3S. The minimum atomic E-state index is -0.388. The Morgan fingerprint density at radius 2 is 2.00 bits per heavy atom. The minimum Gasteiger partial charge on any atom is -0.458 e. The lowest BCUT2D eigenvalue weighted by atomic mass is 10.1. The normalized spacial score (nSPS) is 10.9. The molecule has 2 aromatic carbocycles. The fourth-order valence-electron chi connectivity index (χ4n) is 2.75. The number of carbonyl (C=O) groups excluding carboxylic acids is 1. The number of benzene rings is 2. The van der Waals surface area contributed by atoms with Gasteiger partial charge in [-0.2, -0.15) is 0 Å². The topological polar surface area (TPSA) is 83.0 Å². The zero-order chi connectivity index (χ0) is 21.8. The van der Waals surface area contributed by atoms with Crippen molar-refractivity contribution in [2.45, 2.75) is 25.6 Å². The quantitative estimate of drug-likeness (QED) is 0.286. The molecule has 2 aromatic heterocycles. The van der Waals surface area contributed by atoms with Gasteiger partial charge in [-0.3, -0.25) is 9.36 Å². The van der Waals surface area contributed by atoms with Crippen molar-refractivity contribution in [3.8, 4) is 17.1 Å². The van der Waals surface area contributed by atoms with Crippen LogP contribution in [0.2, 0.25) is 5.02 Å². The molecule has 4 rings (SSSR count). The lowest BCUT2D eigenvalue weighted by molar-refractivity contribution is -0.141. The molecule has 0 radical (unpaired) electrons. The molecule has 2 heterocycles. The van der Waals surface area contributed by atoms with Gasteiger partial charge in [-0.1, -0.05) is 47.1 Å². The van der Waals surface area contributed by atoms with E-state index in [2.05, 4.69) is 15.2 Å². The van der Waals surface area contributed by atoms with Crippen LogP contribution < -0.4 is 0 Å². The van der Waals surface area contributed by atoms with E-state index in [1.54, 1.807) is 10.9 Å². The van der Waals surface area contributed by atoms with Crippen LogP contribution in [0.3, 0.4) is 0 Å². The van der Waals surface area contributed by atoms with E-state index >= 15 is 0 Å². The van der Waals surface area contributed by atoms with Gasteiger partial charge in [0.15, 0.2) is 5.16 Å². The van der Waals surface area contributed by atoms with E-state index in [0.29, 0.717) is 21.8 Å². The third-order valence-corrected chi connectivity index (χ3v) is 5.82. The molecule has 0 spiro atoms. The Kier molecular flexibility index (Phi) is 6.39. The maximum atomic E-state index is 12.2. The van der Waals surface area contributed by atoms with Gasteiger partial charge in [-0.15, -0.1) is 10.2 Å². The average Bonchev–Trinajstić information content (AvgIpc) is 3.43. The summed E-state index contributed by atoms with van der Waals surface area (Å²) in [4.78, 5) is 16.6. The first-order chi connectivity index (χ1) is 15.0. The first kappa shape index (κ1) is 21.1. The van der Waals surface area contributed by atoms with Gasteiger partial charge in [0, 0.05) is 10.6 Å². The Balaban J connectivity index is 1.32. The zero-order valence-electron chi connectivity index (χ0n) is 16.9. The summed E-state index contributed by atoms with van der Waals surface area (Å²) >= 11 is 7.44. The number of thioether (sulfide) groups is 1. The van der Waals surface area contributed by atoms with Crippen LogP contribution in [-0.2, 0) is 16.1 Å². The highest BCUT2D eigenvalue weighted by molar-refractivity contribution is 7.99. The molecule has 9 heteroatoms. The number of hydrogen-bond acceptors (Lipinski definition) is 7. The molecule has 158 valence electrons. The lowest BCUT2D eigenvalue weighted by Crippen LogP contribution is -2.08. The summed E-state index contributed by atoms with van der Waals surface area (Å²) in [5.74, 6) is 0.188. The standard InChI is InChI=1S/C22H19ClN4O3S/c1-14-3-6-16(7-4-14)21-25-17(11-30-21)10-29-20(28)12-31-22-26-24-13-27(22)18-8-5-15(2)19(23)9-18/h3-9,11,13H,10,12H2,1-2H3. The summed E-state index contributed by atoms with van der Waals surface area (Å²) in [5.41, 5.74) is 4.38. The molecule has 0 atom stereocenters. The van der Waals surface area contributed by atoms with Crippen LogP contribution in [-0.4, -0.2) is 31.5 Å². The molecule has 0 aliphatic heterocycles. The second-order valence-electron chi connectivity index (χ2n) is 6.88. The van der Waals surface area contributed by atoms with E-state index in [4.69, 9.17) is 20.8 Å². The summed E-state index contributed by atoms with van der Waals surface area (Å²) < 4.78 is 12.6. The maximum absolute atomic E-state index is 12.2. The molecule has 0 saturated heterocycles. The molecule has 0 amide bonds. The van der Waals surface area contributed by atoms with Crippen molar-refractivity contribution in [3.63, 3.8) is 0 Å². The number of rotatable bonds is 7. The first-order valence-electron chi connectivity index (χ1n) is 9.46. The lowest BCUT2D eigenvalue weighted by Gasteiger charge is -2.07. The van der Waals surface area contributed by atoms with Gasteiger partial charge in [0.25, 0.3) is 0 Å². The number of nitrogens with zero attached hydrogens (tertiary/aromatic N) is 4. The molecule has 7 nitrogen and oxygen atoms in total. The summed E-state index contributed by atoms with van der Waals surface area (Å²) in [6, 6.07) is 13.5. The van der Waals surface area contributed by atoms with Gasteiger partial charge in [0.2, 0.25) is 5.89 Å². The molecule has 0 aliphatic rings. The van der Waals surface area contributed by atoms with Crippen LogP contribution in [0.25, 0.3) is 17.1 Å². The number of carbonyl (C=O) groups is 1. The van der Waals surface area contributed by atoms with Crippen LogP contribution in [0.4, 0.5) is 0 Å². The van der Waals surface area contributed by atoms with E-state index in [-0.39, 0.29) is 18.3 Å². The predicted octanol–water partition coefficient (Wildman–Crippen LogP) is 5.03. The first-order valence-corrected chi connectivity index (χ1v) is 10.8. The number of ether oxygens (including phenoxy) is 1. The molecule has 0 aliphatic carbocycles. The van der Waals surface area contributed by atoms with Gasteiger partial charge in [-0.25, -0.2) is 4.98 Å². The molecule has 0 saturated carbocycles. The molecule has 0 fully saturated rings. The highest BCUT2D eigenvalue weighted by atomic mass is 35.5. The van der Waals surface area contributed by atoms with E-state index < -0.39 is 0 Å². The van der Waals surface area contributed by atoms with Crippen molar-refractivity contribution in [1.82, 2.24) is 19.7 Å². The second-order valence-corrected chi connectivity index (χ2v) is 8.23. The number of aromatic nitrogens is 4. The molecule has 0 bridgehead atoms. The summed E-state index contributed by atoms with van der Waals surface area (Å²) in [7, 11) is 0. The number of aryl methyl sites for hydroxylation is 2. The Hall–Kier alpha value is -3.10. The van der Waals surface area contributed by atoms with E-state index in [0.717, 1.165) is 22.4 Å². The molecule has 0 unspecified atom stereocenters. The fourth-order valence-corrected chi connectivity index (χ4v) is 3.65. The van der Waals surface area contributed by atoms with Crippen molar-refractivity contribution in [3.05, 3.63) is 76.9 Å². The highest BCUT2D eigenvalue weighted by Crippen LogP contribution is 2.24. The third-order valence-electron chi connectivity index (χ3n) is 4.50. The van der Waals surface area contributed by atoms with Crippen molar-refractivity contribution >= 4 is 29.3 Å². The summed E-state index contributed by atoms with van der Waals surface area (Å²) in [6.07, 6.45) is 3.07. The van der Waals surface area contributed by atoms with Gasteiger partial charge < -0.3 is 9.15 Å². The maximum Gasteiger partial charge on any atom is 0.316 e. The van der Waals surface area contributed by atoms with Gasteiger partial charge >= 0.3 is 5.97 Å². The Morgan fingerprint density at radius 1 is 1.19 bits per heavy atom. The largest absolute Gasteiger partial charge is 0.458 e. The molecule has 0 N–H and O–H groups in total. The second kappa shape index (κ2) is 9.36. The minimum absolute atomic E-state index is 0.0367. The van der Waals surface area contributed by atoms with E-state index in [1.807, 2.05) is 56.3 Å². The SMILES string of the molecule is Cc1ccc(-c2nc(COC(=O)CSc3nncn3-c3ccc(C)c(Cl)c3)co2)cc1. The van der Waals surface area contributed by atoms with Crippen LogP contribution in [0.5, 0.6) is 0 Å². The van der Waals surface area contributed by atoms with Crippen molar-refractivity contribution in [2.24, 2.45) is 0 Å². The number of halogens is 1. The Morgan fingerprint density at radius 3 is 2.77 bits per heavy atom. The predicted molar refractivity (Wildman–Crippen MR) is 118 cm³/mol. The molecular weight excluding hydrogens is 436 g/mol. The Bertz CT molecular complexity index is 1200. The molecule has 31 heavy (non-hydrogen) atoms. The van der Waals surface area contributed by atoms with Crippen LogP contribution in [0, 0.1) is 13.8 Å². The Labute approximate surface area is 188 Å².